The molecule has 0 atom stereocenters. The molecule has 4 heterocycles. The number of ether oxygens (including phenoxy) is 1. The molecular weight excluding hydrogens is 504 g/mol. The molecule has 1 aromatic carbocycles. The van der Waals surface area contributed by atoms with Crippen molar-refractivity contribution >= 4 is 16.6 Å². The van der Waals surface area contributed by atoms with Crippen LogP contribution in [0.25, 0.3) is 16.6 Å². The first-order valence-electron chi connectivity index (χ1n) is 12.1. The van der Waals surface area contributed by atoms with E-state index in [2.05, 4.69) is 21.0 Å². The van der Waals surface area contributed by atoms with E-state index in [1.165, 1.54) is 0 Å². The van der Waals surface area contributed by atoms with Crippen molar-refractivity contribution in [2.24, 2.45) is 0 Å². The molecule has 0 aliphatic carbocycles. The highest BCUT2D eigenvalue weighted by Gasteiger charge is 2.36. The third kappa shape index (κ3) is 5.19. The van der Waals surface area contributed by atoms with E-state index in [1.807, 2.05) is 4.90 Å². The van der Waals surface area contributed by atoms with Crippen molar-refractivity contribution in [3.8, 4) is 11.8 Å². The molecule has 1 N–H and O–H groups in total. The molecule has 0 amide bonds. The molecule has 1 aliphatic heterocycles. The number of hydrogen-bond donors (Lipinski definition) is 1. The van der Waals surface area contributed by atoms with Crippen molar-refractivity contribution in [2.75, 3.05) is 26.3 Å². The van der Waals surface area contributed by atoms with Crippen LogP contribution in [0.4, 0.5) is 17.6 Å². The number of H-pyrrole nitrogens is 1. The van der Waals surface area contributed by atoms with Gasteiger partial charge in [0.2, 0.25) is 0 Å². The monoisotopic (exact) mass is 528 g/mol. The second-order valence-electron chi connectivity index (χ2n) is 9.38. The minimum Gasteiger partial charge on any atom is -0.490 e. The minimum atomic E-state index is -4.74. The van der Waals surface area contributed by atoms with E-state index < -0.39 is 30.1 Å². The fourth-order valence-electron chi connectivity index (χ4n) is 4.72. The third-order valence-corrected chi connectivity index (χ3v) is 6.71. The number of aromatic nitrogens is 4. The van der Waals surface area contributed by atoms with Crippen LogP contribution in [-0.2, 0) is 12.6 Å². The number of imidazole rings is 1. The molecule has 0 saturated carbocycles. The maximum atomic E-state index is 13.9. The number of rotatable bonds is 6. The van der Waals surface area contributed by atoms with Gasteiger partial charge in [-0.2, -0.15) is 18.4 Å². The number of likely N-dealkylation sites (tertiary alicyclic amines) is 1. The van der Waals surface area contributed by atoms with Gasteiger partial charge in [-0.25, -0.2) is 14.4 Å². The van der Waals surface area contributed by atoms with Gasteiger partial charge in [0.25, 0.3) is 5.56 Å². The number of aryl methyl sites for hydroxylation is 1. The molecule has 1 saturated heterocycles. The van der Waals surface area contributed by atoms with Crippen LogP contribution in [0.15, 0.2) is 35.4 Å². The Labute approximate surface area is 214 Å². The normalized spacial score (nSPS) is 15.3. The minimum absolute atomic E-state index is 0.0768. The zero-order valence-electron chi connectivity index (χ0n) is 20.5. The average molecular weight is 529 g/mol. The van der Waals surface area contributed by atoms with E-state index >= 15 is 0 Å². The van der Waals surface area contributed by atoms with Crippen molar-refractivity contribution in [1.82, 2.24) is 24.3 Å². The molecule has 198 valence electrons. The summed E-state index contributed by atoms with van der Waals surface area (Å²) in [6.45, 7) is 2.67. The molecule has 0 bridgehead atoms. The van der Waals surface area contributed by atoms with Gasteiger partial charge in [0, 0.05) is 44.5 Å². The molecule has 12 heteroatoms. The van der Waals surface area contributed by atoms with E-state index in [-0.39, 0.29) is 35.4 Å². The maximum absolute atomic E-state index is 13.9. The predicted molar refractivity (Wildman–Crippen MR) is 131 cm³/mol. The SMILES string of the molecule is Cc1cc2nc(Cc3nc4cc(OC5CCN(CCF)CC5)c(C(F)(F)F)cc4c(=O)[nH]3)cn2cc1C#N. The van der Waals surface area contributed by atoms with Gasteiger partial charge < -0.3 is 19.0 Å². The Morgan fingerprint density at radius 1 is 1.18 bits per heavy atom. The van der Waals surface area contributed by atoms with Gasteiger partial charge in [0.1, 0.15) is 36.1 Å². The highest BCUT2D eigenvalue weighted by atomic mass is 19.4. The number of piperidine rings is 1. The fourth-order valence-corrected chi connectivity index (χ4v) is 4.72. The van der Waals surface area contributed by atoms with Crippen LogP contribution in [-0.4, -0.2) is 56.7 Å². The molecule has 3 aromatic heterocycles. The first-order valence-corrected chi connectivity index (χ1v) is 12.1. The van der Waals surface area contributed by atoms with Gasteiger partial charge in [-0.1, -0.05) is 0 Å². The molecule has 1 aliphatic rings. The lowest BCUT2D eigenvalue weighted by atomic mass is 10.1. The van der Waals surface area contributed by atoms with Gasteiger partial charge in [-0.05, 0) is 37.5 Å². The van der Waals surface area contributed by atoms with Crippen molar-refractivity contribution < 1.29 is 22.3 Å². The van der Waals surface area contributed by atoms with Gasteiger partial charge >= 0.3 is 6.18 Å². The zero-order valence-corrected chi connectivity index (χ0v) is 20.5. The van der Waals surface area contributed by atoms with Crippen molar-refractivity contribution in [3.05, 3.63) is 69.2 Å². The van der Waals surface area contributed by atoms with Crippen molar-refractivity contribution in [3.63, 3.8) is 0 Å². The number of nitriles is 1. The van der Waals surface area contributed by atoms with Crippen LogP contribution >= 0.6 is 0 Å². The highest BCUT2D eigenvalue weighted by molar-refractivity contribution is 5.80. The quantitative estimate of drug-likeness (QED) is 0.377. The number of benzene rings is 1. The average Bonchev–Trinajstić information content (AvgIpc) is 3.24. The maximum Gasteiger partial charge on any atom is 0.419 e. The summed E-state index contributed by atoms with van der Waals surface area (Å²) in [6, 6.07) is 5.82. The number of hydrogen-bond acceptors (Lipinski definition) is 6. The summed E-state index contributed by atoms with van der Waals surface area (Å²) in [5.74, 6) is -0.154. The Morgan fingerprint density at radius 2 is 1.95 bits per heavy atom. The molecule has 0 spiro atoms. The first kappa shape index (κ1) is 25.7. The smallest absolute Gasteiger partial charge is 0.419 e. The number of nitrogens with one attached hydrogen (secondary N) is 1. The van der Waals surface area contributed by atoms with Crippen LogP contribution < -0.4 is 10.3 Å². The number of alkyl halides is 4. The van der Waals surface area contributed by atoms with Gasteiger partial charge in [0.15, 0.2) is 0 Å². The number of pyridine rings is 1. The lowest BCUT2D eigenvalue weighted by molar-refractivity contribution is -0.139. The van der Waals surface area contributed by atoms with Crippen molar-refractivity contribution in [2.45, 2.75) is 38.5 Å². The summed E-state index contributed by atoms with van der Waals surface area (Å²) >= 11 is 0. The standard InChI is InChI=1S/C26H24F4N6O2/c1-15-8-24-32-17(14-36(24)13-16(15)12-31)9-23-33-21-11-22(38-18-2-5-35(6-3-18)7-4-27)20(26(28,29)30)10-19(21)25(37)34-23/h8,10-11,13-14,18H,2-7,9H2,1H3,(H,33,34,37). The summed E-state index contributed by atoms with van der Waals surface area (Å²) in [6.07, 6.45) is -0.795. The number of nitrogens with zero attached hydrogens (tertiary/aromatic N) is 5. The molecular formula is C26H24F4N6O2. The topological polar surface area (TPSA) is 99.3 Å². The summed E-state index contributed by atoms with van der Waals surface area (Å²) in [4.78, 5) is 26.1. The molecule has 1 fully saturated rings. The zero-order chi connectivity index (χ0) is 27.0. The Kier molecular flexibility index (Phi) is 6.79. The predicted octanol–water partition coefficient (Wildman–Crippen LogP) is 4.17. The van der Waals surface area contributed by atoms with Crippen LogP contribution in [0.1, 0.15) is 41.1 Å². The molecule has 5 rings (SSSR count). The summed E-state index contributed by atoms with van der Waals surface area (Å²) in [5, 5.41) is 9.05. The largest absolute Gasteiger partial charge is 0.490 e. The lowest BCUT2D eigenvalue weighted by Gasteiger charge is -2.32. The second-order valence-corrected chi connectivity index (χ2v) is 9.38. The second kappa shape index (κ2) is 10.1. The van der Waals surface area contributed by atoms with Gasteiger partial charge in [-0.3, -0.25) is 4.79 Å². The fraction of sp³-hybridized carbons (Fsp3) is 0.385. The molecule has 0 unspecified atom stereocenters. The molecule has 4 aromatic rings. The number of aromatic amines is 1. The van der Waals surface area contributed by atoms with Gasteiger partial charge in [-0.15, -0.1) is 0 Å². The van der Waals surface area contributed by atoms with Crippen LogP contribution in [0.2, 0.25) is 0 Å². The Morgan fingerprint density at radius 3 is 2.63 bits per heavy atom. The summed E-state index contributed by atoms with van der Waals surface area (Å²) in [7, 11) is 0. The van der Waals surface area contributed by atoms with E-state index in [1.54, 1.807) is 29.8 Å². The van der Waals surface area contributed by atoms with Crippen LogP contribution in [0.5, 0.6) is 5.75 Å². The van der Waals surface area contributed by atoms with E-state index in [4.69, 9.17) is 4.74 Å². The van der Waals surface area contributed by atoms with Gasteiger partial charge in [0.05, 0.1) is 27.7 Å². The Balaban J connectivity index is 1.47. The van der Waals surface area contributed by atoms with Crippen molar-refractivity contribution in [1.29, 1.82) is 5.26 Å². The lowest BCUT2D eigenvalue weighted by Crippen LogP contribution is -2.39. The summed E-state index contributed by atoms with van der Waals surface area (Å²) in [5.41, 5.74) is 0.782. The highest BCUT2D eigenvalue weighted by Crippen LogP contribution is 2.39. The first-order chi connectivity index (χ1) is 18.1. The third-order valence-electron chi connectivity index (χ3n) is 6.71. The van der Waals surface area contributed by atoms with E-state index in [0.717, 1.165) is 17.7 Å². The molecule has 0 radical (unpaired) electrons. The number of halogens is 4. The van der Waals surface area contributed by atoms with Crippen LogP contribution in [0.3, 0.4) is 0 Å². The van der Waals surface area contributed by atoms with E-state index in [0.29, 0.717) is 42.8 Å². The molecule has 38 heavy (non-hydrogen) atoms. The van der Waals surface area contributed by atoms with E-state index in [9.17, 15) is 27.6 Å². The molecule has 8 nitrogen and oxygen atoms in total. The Hall–Kier alpha value is -3.98. The van der Waals surface area contributed by atoms with Crippen LogP contribution in [0, 0.1) is 18.3 Å². The number of fused-ring (bicyclic) bond motifs is 2. The summed E-state index contributed by atoms with van der Waals surface area (Å²) < 4.78 is 61.7. The Bertz CT molecular complexity index is 1600.